The van der Waals surface area contributed by atoms with Gasteiger partial charge in [0.2, 0.25) is 0 Å². The molecule has 0 N–H and O–H groups in total. The minimum absolute atomic E-state index is 0.0699. The summed E-state index contributed by atoms with van der Waals surface area (Å²) in [5.41, 5.74) is 2.06. The highest BCUT2D eigenvalue weighted by molar-refractivity contribution is 6.30. The zero-order valence-electron chi connectivity index (χ0n) is 16.0. The highest BCUT2D eigenvalue weighted by atomic mass is 35.5. The van der Waals surface area contributed by atoms with Gasteiger partial charge in [-0.3, -0.25) is 14.7 Å². The van der Waals surface area contributed by atoms with Crippen LogP contribution in [0.25, 0.3) is 0 Å². The normalized spacial score (nSPS) is 20.1. The number of carbonyl (C=O) groups is 1. The van der Waals surface area contributed by atoms with Crippen LogP contribution in [-0.2, 0) is 11.3 Å². The molecule has 0 bridgehead atoms. The smallest absolute Gasteiger partial charge is 0.253 e. The first-order chi connectivity index (χ1) is 13.6. The topological polar surface area (TPSA) is 45.7 Å². The zero-order valence-corrected chi connectivity index (χ0v) is 16.8. The molecular weight excluding hydrogens is 374 g/mol. The SMILES string of the molecule is O=C(c1cccc(Cl)c1)N1CCC2(CC1)COCCN(Cc1ccncc1)C2. The molecule has 2 saturated heterocycles. The molecule has 4 rings (SSSR count). The average Bonchev–Trinajstić information content (AvgIpc) is 2.91. The number of piperidine rings is 1. The Hall–Kier alpha value is -1.95. The average molecular weight is 400 g/mol. The Kier molecular flexibility index (Phi) is 5.95. The van der Waals surface area contributed by atoms with Crippen molar-refractivity contribution in [2.75, 3.05) is 39.4 Å². The van der Waals surface area contributed by atoms with Crippen LogP contribution in [0.15, 0.2) is 48.8 Å². The third kappa shape index (κ3) is 4.54. The third-order valence-electron chi connectivity index (χ3n) is 5.86. The molecule has 0 atom stereocenters. The summed E-state index contributed by atoms with van der Waals surface area (Å²) in [6.07, 6.45) is 5.62. The van der Waals surface area contributed by atoms with Crippen LogP contribution >= 0.6 is 11.6 Å². The molecule has 1 spiro atoms. The summed E-state index contributed by atoms with van der Waals surface area (Å²) < 4.78 is 5.98. The predicted octanol–water partition coefficient (Wildman–Crippen LogP) is 3.49. The minimum atomic E-state index is 0.0699. The van der Waals surface area contributed by atoms with Crippen molar-refractivity contribution in [1.82, 2.24) is 14.8 Å². The van der Waals surface area contributed by atoms with Crippen LogP contribution in [-0.4, -0.2) is 60.1 Å². The number of hydrogen-bond donors (Lipinski definition) is 0. The van der Waals surface area contributed by atoms with Gasteiger partial charge in [0.25, 0.3) is 5.91 Å². The van der Waals surface area contributed by atoms with E-state index in [1.165, 1.54) is 5.56 Å². The number of ether oxygens (including phenoxy) is 1. The van der Waals surface area contributed by atoms with Crippen molar-refractivity contribution in [3.05, 3.63) is 64.9 Å². The summed E-state index contributed by atoms with van der Waals surface area (Å²) in [4.78, 5) is 21.4. The van der Waals surface area contributed by atoms with Gasteiger partial charge in [-0.25, -0.2) is 0 Å². The van der Waals surface area contributed by atoms with Crippen LogP contribution in [0.1, 0.15) is 28.8 Å². The first-order valence-corrected chi connectivity index (χ1v) is 10.3. The third-order valence-corrected chi connectivity index (χ3v) is 6.09. The lowest BCUT2D eigenvalue weighted by Gasteiger charge is -2.42. The molecule has 3 heterocycles. The Labute approximate surface area is 171 Å². The number of hydrogen-bond acceptors (Lipinski definition) is 4. The summed E-state index contributed by atoms with van der Waals surface area (Å²) in [6, 6.07) is 11.4. The lowest BCUT2D eigenvalue weighted by atomic mass is 9.78. The lowest BCUT2D eigenvalue weighted by molar-refractivity contribution is 0.0145. The van der Waals surface area contributed by atoms with E-state index in [2.05, 4.69) is 22.0 Å². The van der Waals surface area contributed by atoms with Crippen LogP contribution in [0.5, 0.6) is 0 Å². The van der Waals surface area contributed by atoms with E-state index in [-0.39, 0.29) is 11.3 Å². The number of likely N-dealkylation sites (tertiary alicyclic amines) is 1. The summed E-state index contributed by atoms with van der Waals surface area (Å²) in [5.74, 6) is 0.0699. The molecule has 0 radical (unpaired) electrons. The van der Waals surface area contributed by atoms with E-state index in [1.807, 2.05) is 29.4 Å². The summed E-state index contributed by atoms with van der Waals surface area (Å²) in [7, 11) is 0. The van der Waals surface area contributed by atoms with Gasteiger partial charge in [0.05, 0.1) is 13.2 Å². The second-order valence-corrected chi connectivity index (χ2v) is 8.36. The molecule has 2 fully saturated rings. The molecule has 0 aliphatic carbocycles. The molecule has 5 nitrogen and oxygen atoms in total. The molecule has 1 aromatic heterocycles. The van der Waals surface area contributed by atoms with Gasteiger partial charge in [-0.1, -0.05) is 17.7 Å². The van der Waals surface area contributed by atoms with E-state index in [9.17, 15) is 4.79 Å². The van der Waals surface area contributed by atoms with Crippen LogP contribution in [0.2, 0.25) is 5.02 Å². The summed E-state index contributed by atoms with van der Waals surface area (Å²) >= 11 is 6.05. The molecule has 28 heavy (non-hydrogen) atoms. The summed E-state index contributed by atoms with van der Waals surface area (Å²) in [6.45, 7) is 5.93. The second-order valence-electron chi connectivity index (χ2n) is 7.92. The van der Waals surface area contributed by atoms with Gasteiger partial charge >= 0.3 is 0 Å². The van der Waals surface area contributed by atoms with E-state index in [4.69, 9.17) is 16.3 Å². The van der Waals surface area contributed by atoms with Gasteiger partial charge in [0.1, 0.15) is 0 Å². The van der Waals surface area contributed by atoms with Crippen LogP contribution in [0.3, 0.4) is 0 Å². The number of amides is 1. The van der Waals surface area contributed by atoms with Crippen molar-refractivity contribution in [3.8, 4) is 0 Å². The number of benzene rings is 1. The van der Waals surface area contributed by atoms with Crippen molar-refractivity contribution in [2.45, 2.75) is 19.4 Å². The van der Waals surface area contributed by atoms with Gasteiger partial charge < -0.3 is 9.64 Å². The molecule has 2 aliphatic heterocycles. The quantitative estimate of drug-likeness (QED) is 0.792. The van der Waals surface area contributed by atoms with Gasteiger partial charge in [0.15, 0.2) is 0 Å². The second kappa shape index (κ2) is 8.60. The molecule has 0 unspecified atom stereocenters. The van der Waals surface area contributed by atoms with Gasteiger partial charge in [0, 0.05) is 61.1 Å². The van der Waals surface area contributed by atoms with Crippen LogP contribution in [0, 0.1) is 5.41 Å². The molecule has 1 amide bonds. The molecule has 2 aliphatic rings. The molecule has 148 valence electrons. The molecule has 2 aromatic rings. The highest BCUT2D eigenvalue weighted by Gasteiger charge is 2.39. The zero-order chi connectivity index (χ0) is 19.4. The van der Waals surface area contributed by atoms with E-state index in [0.29, 0.717) is 10.6 Å². The van der Waals surface area contributed by atoms with Gasteiger partial charge in [-0.05, 0) is 48.7 Å². The first-order valence-electron chi connectivity index (χ1n) is 9.87. The van der Waals surface area contributed by atoms with Crippen molar-refractivity contribution in [1.29, 1.82) is 0 Å². The van der Waals surface area contributed by atoms with E-state index in [1.54, 1.807) is 12.1 Å². The van der Waals surface area contributed by atoms with Crippen LogP contribution in [0.4, 0.5) is 0 Å². The molecule has 1 aromatic carbocycles. The van der Waals surface area contributed by atoms with Gasteiger partial charge in [-0.2, -0.15) is 0 Å². The Bertz CT molecular complexity index is 806. The molecule has 0 saturated carbocycles. The Morgan fingerprint density at radius 3 is 2.68 bits per heavy atom. The maximum atomic E-state index is 12.8. The maximum Gasteiger partial charge on any atom is 0.253 e. The predicted molar refractivity (Wildman–Crippen MR) is 109 cm³/mol. The number of rotatable bonds is 3. The standard InChI is InChI=1S/C22H26ClN3O2/c23-20-3-1-2-19(14-20)21(27)26-10-6-22(7-11-26)16-25(12-13-28-17-22)15-18-4-8-24-9-5-18/h1-5,8-9,14H,6-7,10-13,15-17H2. The van der Waals surface area contributed by atoms with E-state index >= 15 is 0 Å². The van der Waals surface area contributed by atoms with Crippen molar-refractivity contribution < 1.29 is 9.53 Å². The Morgan fingerprint density at radius 2 is 1.93 bits per heavy atom. The van der Waals surface area contributed by atoms with Crippen molar-refractivity contribution in [3.63, 3.8) is 0 Å². The monoisotopic (exact) mass is 399 g/mol. The van der Waals surface area contributed by atoms with Crippen molar-refractivity contribution >= 4 is 17.5 Å². The number of carbonyl (C=O) groups excluding carboxylic acids is 1. The number of aromatic nitrogens is 1. The maximum absolute atomic E-state index is 12.8. The summed E-state index contributed by atoms with van der Waals surface area (Å²) in [5, 5.41) is 0.600. The fourth-order valence-corrected chi connectivity index (χ4v) is 4.44. The van der Waals surface area contributed by atoms with Gasteiger partial charge in [-0.15, -0.1) is 0 Å². The Morgan fingerprint density at radius 1 is 1.14 bits per heavy atom. The Balaban J connectivity index is 1.39. The minimum Gasteiger partial charge on any atom is -0.379 e. The fourth-order valence-electron chi connectivity index (χ4n) is 4.25. The van der Waals surface area contributed by atoms with E-state index in [0.717, 1.165) is 58.8 Å². The number of pyridine rings is 1. The molecular formula is C22H26ClN3O2. The highest BCUT2D eigenvalue weighted by Crippen LogP contribution is 2.35. The van der Waals surface area contributed by atoms with Crippen LogP contribution < -0.4 is 0 Å². The van der Waals surface area contributed by atoms with Crippen molar-refractivity contribution in [2.24, 2.45) is 5.41 Å². The number of nitrogens with zero attached hydrogens (tertiary/aromatic N) is 3. The number of halogens is 1. The fraction of sp³-hybridized carbons (Fsp3) is 0.455. The molecule has 6 heteroatoms. The lowest BCUT2D eigenvalue weighted by Crippen LogP contribution is -2.48. The largest absolute Gasteiger partial charge is 0.379 e. The first kappa shape index (κ1) is 19.4. The van der Waals surface area contributed by atoms with E-state index < -0.39 is 0 Å².